The molecule has 0 spiro atoms. The third-order valence-corrected chi connectivity index (χ3v) is 3.12. The number of hydrogen-bond donors (Lipinski definition) is 1. The van der Waals surface area contributed by atoms with Gasteiger partial charge in [0.25, 0.3) is 0 Å². The molecule has 1 N–H and O–H groups in total. The first-order chi connectivity index (χ1) is 8.74. The fourth-order valence-electron chi connectivity index (χ4n) is 2.21. The van der Waals surface area contributed by atoms with Gasteiger partial charge in [-0.25, -0.2) is 4.98 Å². The van der Waals surface area contributed by atoms with Gasteiger partial charge in [-0.3, -0.25) is 0 Å². The molecule has 3 nitrogen and oxygen atoms in total. The molecule has 0 bridgehead atoms. The number of benzene rings is 1. The summed E-state index contributed by atoms with van der Waals surface area (Å²) in [7, 11) is 0. The molecule has 3 aromatic rings. The third-order valence-electron chi connectivity index (χ3n) is 3.12. The van der Waals surface area contributed by atoms with Crippen molar-refractivity contribution in [2.75, 3.05) is 0 Å². The number of aromatic hydroxyl groups is 1. The zero-order valence-corrected chi connectivity index (χ0v) is 10.2. The number of fused-ring (bicyclic) bond motifs is 1. The van der Waals surface area contributed by atoms with Crippen molar-refractivity contribution in [1.29, 1.82) is 0 Å². The minimum Gasteiger partial charge on any atom is -0.508 e. The van der Waals surface area contributed by atoms with Crippen molar-refractivity contribution in [2.45, 2.75) is 13.3 Å². The number of aromatic nitrogens is 2. The molecule has 0 fully saturated rings. The summed E-state index contributed by atoms with van der Waals surface area (Å²) in [5, 5.41) is 9.28. The average Bonchev–Trinajstić information content (AvgIpc) is 2.77. The lowest BCUT2D eigenvalue weighted by Crippen LogP contribution is -1.99. The summed E-state index contributed by atoms with van der Waals surface area (Å²) in [4.78, 5) is 4.47. The predicted octanol–water partition coefficient (Wildman–Crippen LogP) is 2.94. The van der Waals surface area contributed by atoms with Crippen LogP contribution in [0.3, 0.4) is 0 Å². The molecule has 0 aliphatic heterocycles. The van der Waals surface area contributed by atoms with Gasteiger partial charge in [0.2, 0.25) is 0 Å². The fourth-order valence-corrected chi connectivity index (χ4v) is 2.21. The Hall–Kier alpha value is -2.29. The monoisotopic (exact) mass is 238 g/mol. The third kappa shape index (κ3) is 1.84. The van der Waals surface area contributed by atoms with E-state index in [4.69, 9.17) is 0 Å². The van der Waals surface area contributed by atoms with E-state index in [0.717, 1.165) is 23.3 Å². The largest absolute Gasteiger partial charge is 0.508 e. The Morgan fingerprint density at radius 2 is 1.89 bits per heavy atom. The highest BCUT2D eigenvalue weighted by atomic mass is 16.3. The van der Waals surface area contributed by atoms with E-state index in [0.29, 0.717) is 5.75 Å². The Balaban J connectivity index is 2.02. The van der Waals surface area contributed by atoms with Crippen LogP contribution < -0.4 is 0 Å². The molecule has 0 atom stereocenters. The van der Waals surface area contributed by atoms with Gasteiger partial charge >= 0.3 is 0 Å². The first kappa shape index (κ1) is 10.8. The predicted molar refractivity (Wildman–Crippen MR) is 70.8 cm³/mol. The molecule has 90 valence electrons. The highest BCUT2D eigenvalue weighted by Crippen LogP contribution is 2.16. The van der Waals surface area contributed by atoms with Gasteiger partial charge in [0, 0.05) is 12.1 Å². The molecular weight excluding hydrogens is 224 g/mol. The molecule has 0 unspecified atom stereocenters. The molecule has 0 saturated heterocycles. The van der Waals surface area contributed by atoms with E-state index >= 15 is 0 Å². The molecule has 3 heteroatoms. The minimum absolute atomic E-state index is 0.294. The standard InChI is InChI=1S/C15H14N2O/c1-11-3-2-4-13-10-16-15(17(11)13)9-12-5-7-14(18)8-6-12/h2-8,10,18H,9H2,1H3. The van der Waals surface area contributed by atoms with Crippen molar-refractivity contribution in [3.05, 3.63) is 65.7 Å². The number of imidazole rings is 1. The van der Waals surface area contributed by atoms with Crippen LogP contribution in [-0.2, 0) is 6.42 Å². The van der Waals surface area contributed by atoms with Crippen LogP contribution >= 0.6 is 0 Å². The van der Waals surface area contributed by atoms with Gasteiger partial charge < -0.3 is 9.51 Å². The van der Waals surface area contributed by atoms with Gasteiger partial charge in [-0.15, -0.1) is 0 Å². The number of rotatable bonds is 2. The molecule has 0 saturated carbocycles. The number of phenols is 1. The zero-order chi connectivity index (χ0) is 12.5. The summed E-state index contributed by atoms with van der Waals surface area (Å²) in [5.41, 5.74) is 3.44. The normalized spacial score (nSPS) is 10.9. The smallest absolute Gasteiger partial charge is 0.117 e. The van der Waals surface area contributed by atoms with Gasteiger partial charge in [0.1, 0.15) is 11.6 Å². The van der Waals surface area contributed by atoms with Crippen LogP contribution in [-0.4, -0.2) is 14.5 Å². The van der Waals surface area contributed by atoms with Gasteiger partial charge in [0.15, 0.2) is 0 Å². The van der Waals surface area contributed by atoms with Crippen molar-refractivity contribution in [3.8, 4) is 5.75 Å². The van der Waals surface area contributed by atoms with E-state index in [1.165, 1.54) is 5.69 Å². The molecule has 0 radical (unpaired) electrons. The first-order valence-electron chi connectivity index (χ1n) is 5.94. The van der Waals surface area contributed by atoms with Crippen LogP contribution in [0.1, 0.15) is 17.1 Å². The average molecular weight is 238 g/mol. The fraction of sp³-hybridized carbons (Fsp3) is 0.133. The van der Waals surface area contributed by atoms with Crippen molar-refractivity contribution >= 4 is 5.52 Å². The lowest BCUT2D eigenvalue weighted by molar-refractivity contribution is 0.475. The Morgan fingerprint density at radius 1 is 1.11 bits per heavy atom. The van der Waals surface area contributed by atoms with Crippen molar-refractivity contribution in [2.24, 2.45) is 0 Å². The quantitative estimate of drug-likeness (QED) is 0.745. The summed E-state index contributed by atoms with van der Waals surface area (Å²) < 4.78 is 2.16. The molecule has 0 aliphatic rings. The molecule has 0 aliphatic carbocycles. The Labute approximate surface area is 105 Å². The van der Waals surface area contributed by atoms with Gasteiger partial charge in [-0.05, 0) is 36.8 Å². The van der Waals surface area contributed by atoms with E-state index in [1.54, 1.807) is 12.1 Å². The number of phenolic OH excluding ortho intramolecular Hbond substituents is 1. The SMILES string of the molecule is Cc1cccc2cnc(Cc3ccc(O)cc3)n12. The van der Waals surface area contributed by atoms with Crippen molar-refractivity contribution in [3.63, 3.8) is 0 Å². The van der Waals surface area contributed by atoms with E-state index in [-0.39, 0.29) is 0 Å². The second-order valence-corrected chi connectivity index (χ2v) is 4.45. The van der Waals surface area contributed by atoms with Crippen LogP contribution in [0.5, 0.6) is 5.75 Å². The van der Waals surface area contributed by atoms with Crippen LogP contribution in [0, 0.1) is 6.92 Å². The molecule has 1 aromatic carbocycles. The summed E-state index contributed by atoms with van der Waals surface area (Å²) in [6, 6.07) is 13.4. The summed E-state index contributed by atoms with van der Waals surface area (Å²) in [6.45, 7) is 2.08. The maximum absolute atomic E-state index is 9.28. The summed E-state index contributed by atoms with van der Waals surface area (Å²) in [5.74, 6) is 1.32. The van der Waals surface area contributed by atoms with Crippen LogP contribution in [0.2, 0.25) is 0 Å². The molecule has 0 amide bonds. The van der Waals surface area contributed by atoms with Crippen LogP contribution in [0.15, 0.2) is 48.7 Å². The molecule has 18 heavy (non-hydrogen) atoms. The molecule has 2 aromatic heterocycles. The molecular formula is C15H14N2O. The number of pyridine rings is 1. The second kappa shape index (κ2) is 4.18. The Kier molecular flexibility index (Phi) is 2.52. The lowest BCUT2D eigenvalue weighted by Gasteiger charge is -2.05. The Bertz CT molecular complexity index is 683. The summed E-state index contributed by atoms with van der Waals surface area (Å²) >= 11 is 0. The van der Waals surface area contributed by atoms with Crippen molar-refractivity contribution < 1.29 is 5.11 Å². The van der Waals surface area contributed by atoms with Crippen LogP contribution in [0.25, 0.3) is 5.52 Å². The molecule has 2 heterocycles. The van der Waals surface area contributed by atoms with E-state index in [9.17, 15) is 5.11 Å². The first-order valence-corrected chi connectivity index (χ1v) is 5.94. The van der Waals surface area contributed by atoms with Gasteiger partial charge in [0.05, 0.1) is 11.7 Å². The van der Waals surface area contributed by atoms with Gasteiger partial charge in [-0.1, -0.05) is 18.2 Å². The zero-order valence-electron chi connectivity index (χ0n) is 10.2. The van der Waals surface area contributed by atoms with E-state index in [1.807, 2.05) is 24.4 Å². The van der Waals surface area contributed by atoms with Gasteiger partial charge in [-0.2, -0.15) is 0 Å². The van der Waals surface area contributed by atoms with E-state index in [2.05, 4.69) is 28.4 Å². The number of aryl methyl sites for hydroxylation is 1. The number of nitrogens with zero attached hydrogens (tertiary/aromatic N) is 2. The summed E-state index contributed by atoms with van der Waals surface area (Å²) in [6.07, 6.45) is 2.65. The minimum atomic E-state index is 0.294. The highest BCUT2D eigenvalue weighted by molar-refractivity contribution is 5.47. The maximum Gasteiger partial charge on any atom is 0.117 e. The highest BCUT2D eigenvalue weighted by Gasteiger charge is 2.06. The topological polar surface area (TPSA) is 37.5 Å². The second-order valence-electron chi connectivity index (χ2n) is 4.45. The lowest BCUT2D eigenvalue weighted by atomic mass is 10.1. The Morgan fingerprint density at radius 3 is 2.67 bits per heavy atom. The van der Waals surface area contributed by atoms with E-state index < -0.39 is 0 Å². The number of hydrogen-bond acceptors (Lipinski definition) is 2. The maximum atomic E-state index is 9.28. The van der Waals surface area contributed by atoms with Crippen molar-refractivity contribution in [1.82, 2.24) is 9.38 Å². The van der Waals surface area contributed by atoms with Crippen LogP contribution in [0.4, 0.5) is 0 Å². The molecule has 3 rings (SSSR count).